The predicted molar refractivity (Wildman–Crippen MR) is 103 cm³/mol. The van der Waals surface area contributed by atoms with Gasteiger partial charge in [0, 0.05) is 11.0 Å². The number of hydrogen-bond acceptors (Lipinski definition) is 2. The van der Waals surface area contributed by atoms with E-state index in [1.807, 2.05) is 30.5 Å². The normalized spacial score (nSPS) is 14.3. The molecule has 0 amide bonds. The molecule has 3 aromatic carbocycles. The van der Waals surface area contributed by atoms with Gasteiger partial charge in [-0.25, -0.2) is 4.98 Å². The summed E-state index contributed by atoms with van der Waals surface area (Å²) in [6.07, 6.45) is 1.87. The molecule has 5 rings (SSSR count). The Balaban J connectivity index is 1.69. The van der Waals surface area contributed by atoms with E-state index >= 15 is 0 Å². The van der Waals surface area contributed by atoms with Gasteiger partial charge < -0.3 is 0 Å². The minimum atomic E-state index is 0.00616. The Kier molecular flexibility index (Phi) is 2.87. The minimum Gasteiger partial charge on any atom is -0.252 e. The van der Waals surface area contributed by atoms with E-state index in [2.05, 4.69) is 61.3 Å². The first-order chi connectivity index (χ1) is 12.1. The van der Waals surface area contributed by atoms with E-state index in [9.17, 15) is 0 Å². The molecule has 0 spiro atoms. The average molecular weight is 322 g/mol. The highest BCUT2D eigenvalue weighted by atomic mass is 14.8. The van der Waals surface area contributed by atoms with E-state index in [4.69, 9.17) is 4.98 Å². The van der Waals surface area contributed by atoms with Crippen molar-refractivity contribution in [2.24, 2.45) is 0 Å². The highest BCUT2D eigenvalue weighted by Crippen LogP contribution is 2.49. The van der Waals surface area contributed by atoms with Crippen LogP contribution in [0.1, 0.15) is 25.0 Å². The zero-order valence-electron chi connectivity index (χ0n) is 14.3. The summed E-state index contributed by atoms with van der Waals surface area (Å²) in [7, 11) is 0. The van der Waals surface area contributed by atoms with Gasteiger partial charge in [-0.05, 0) is 40.5 Å². The number of benzene rings is 3. The first-order valence-corrected chi connectivity index (χ1v) is 8.61. The zero-order valence-corrected chi connectivity index (χ0v) is 14.3. The molecule has 1 heterocycles. The van der Waals surface area contributed by atoms with Gasteiger partial charge in [-0.15, -0.1) is 0 Å². The van der Waals surface area contributed by atoms with Crippen LogP contribution in [0.4, 0.5) is 0 Å². The Hall–Kier alpha value is -3.00. The van der Waals surface area contributed by atoms with Crippen LogP contribution in [0, 0.1) is 0 Å². The van der Waals surface area contributed by atoms with E-state index in [0.29, 0.717) is 0 Å². The van der Waals surface area contributed by atoms with Crippen molar-refractivity contribution >= 4 is 11.0 Å². The summed E-state index contributed by atoms with van der Waals surface area (Å²) in [5.74, 6) is 0. The molecule has 1 aromatic heterocycles. The molecular weight excluding hydrogens is 304 g/mol. The smallest absolute Gasteiger partial charge is 0.0894 e. The third kappa shape index (κ3) is 2.04. The number of para-hydroxylation sites is 2. The Morgan fingerprint density at radius 2 is 1.44 bits per heavy atom. The van der Waals surface area contributed by atoms with Gasteiger partial charge in [0.05, 0.1) is 22.9 Å². The fourth-order valence-corrected chi connectivity index (χ4v) is 3.96. The van der Waals surface area contributed by atoms with Gasteiger partial charge >= 0.3 is 0 Å². The fourth-order valence-electron chi connectivity index (χ4n) is 3.96. The zero-order chi connectivity index (χ0) is 17.0. The lowest BCUT2D eigenvalue weighted by Crippen LogP contribution is -2.14. The lowest BCUT2D eigenvalue weighted by Gasteiger charge is -2.21. The number of nitrogens with zero attached hydrogens (tertiary/aromatic N) is 2. The van der Waals surface area contributed by atoms with Crippen LogP contribution in [0.5, 0.6) is 0 Å². The summed E-state index contributed by atoms with van der Waals surface area (Å²) >= 11 is 0. The number of fused-ring (bicyclic) bond motifs is 4. The summed E-state index contributed by atoms with van der Waals surface area (Å²) in [4.78, 5) is 9.37. The lowest BCUT2D eigenvalue weighted by atomic mass is 9.82. The molecule has 0 fully saturated rings. The second-order valence-corrected chi connectivity index (χ2v) is 7.17. The third-order valence-corrected chi connectivity index (χ3v) is 5.33. The molecule has 120 valence electrons. The molecule has 4 aromatic rings. The summed E-state index contributed by atoms with van der Waals surface area (Å²) in [5.41, 5.74) is 9.35. The van der Waals surface area contributed by atoms with Crippen molar-refractivity contribution < 1.29 is 0 Å². The van der Waals surface area contributed by atoms with Crippen LogP contribution in [0.2, 0.25) is 0 Å². The SMILES string of the molecule is CC1(C)c2ccccc2-c2ccc(-c3cnc4ccccc4n3)cc21. The molecule has 0 bridgehead atoms. The quantitative estimate of drug-likeness (QED) is 0.455. The maximum atomic E-state index is 4.81. The molecule has 0 N–H and O–H groups in total. The van der Waals surface area contributed by atoms with E-state index in [0.717, 1.165) is 22.3 Å². The van der Waals surface area contributed by atoms with Gasteiger partial charge in [-0.3, -0.25) is 4.98 Å². The van der Waals surface area contributed by atoms with Crippen LogP contribution in [-0.2, 0) is 5.41 Å². The first kappa shape index (κ1) is 14.4. The van der Waals surface area contributed by atoms with Crippen molar-refractivity contribution in [2.45, 2.75) is 19.3 Å². The van der Waals surface area contributed by atoms with E-state index in [1.165, 1.54) is 22.3 Å². The molecule has 0 aliphatic heterocycles. The fraction of sp³-hybridized carbons (Fsp3) is 0.130. The molecule has 0 unspecified atom stereocenters. The summed E-state index contributed by atoms with van der Waals surface area (Å²) in [5, 5.41) is 0. The molecule has 0 radical (unpaired) electrons. The van der Waals surface area contributed by atoms with Crippen LogP contribution in [0.3, 0.4) is 0 Å². The van der Waals surface area contributed by atoms with Gasteiger partial charge in [-0.1, -0.05) is 62.4 Å². The van der Waals surface area contributed by atoms with Gasteiger partial charge in [0.25, 0.3) is 0 Å². The Morgan fingerprint density at radius 3 is 2.32 bits per heavy atom. The summed E-state index contributed by atoms with van der Waals surface area (Å²) in [6, 6.07) is 23.4. The van der Waals surface area contributed by atoms with Crippen molar-refractivity contribution in [3.63, 3.8) is 0 Å². The molecule has 1 aliphatic carbocycles. The predicted octanol–water partition coefficient (Wildman–Crippen LogP) is 5.60. The van der Waals surface area contributed by atoms with Crippen LogP contribution >= 0.6 is 0 Å². The molecule has 0 saturated heterocycles. The maximum Gasteiger partial charge on any atom is 0.0894 e. The van der Waals surface area contributed by atoms with E-state index < -0.39 is 0 Å². The Labute approximate surface area is 147 Å². The number of rotatable bonds is 1. The second-order valence-electron chi connectivity index (χ2n) is 7.17. The minimum absolute atomic E-state index is 0.00616. The van der Waals surface area contributed by atoms with E-state index in [-0.39, 0.29) is 5.41 Å². The van der Waals surface area contributed by atoms with Crippen LogP contribution in [-0.4, -0.2) is 9.97 Å². The van der Waals surface area contributed by atoms with Crippen LogP contribution in [0.25, 0.3) is 33.4 Å². The van der Waals surface area contributed by atoms with Crippen molar-refractivity contribution in [1.82, 2.24) is 9.97 Å². The summed E-state index contributed by atoms with van der Waals surface area (Å²) < 4.78 is 0. The highest BCUT2D eigenvalue weighted by molar-refractivity contribution is 5.84. The average Bonchev–Trinajstić information content (AvgIpc) is 2.89. The molecule has 2 nitrogen and oxygen atoms in total. The highest BCUT2D eigenvalue weighted by Gasteiger charge is 2.35. The Morgan fingerprint density at radius 1 is 0.720 bits per heavy atom. The number of aromatic nitrogens is 2. The largest absolute Gasteiger partial charge is 0.252 e. The van der Waals surface area contributed by atoms with Gasteiger partial charge in [0.15, 0.2) is 0 Å². The van der Waals surface area contributed by atoms with Crippen molar-refractivity contribution in [2.75, 3.05) is 0 Å². The molecule has 1 aliphatic rings. The van der Waals surface area contributed by atoms with Crippen molar-refractivity contribution in [1.29, 1.82) is 0 Å². The molecule has 0 saturated carbocycles. The summed E-state index contributed by atoms with van der Waals surface area (Å²) in [6.45, 7) is 4.60. The second kappa shape index (κ2) is 5.00. The van der Waals surface area contributed by atoms with Gasteiger partial charge in [-0.2, -0.15) is 0 Å². The van der Waals surface area contributed by atoms with E-state index in [1.54, 1.807) is 0 Å². The molecule has 0 atom stereocenters. The van der Waals surface area contributed by atoms with Gasteiger partial charge in [0.2, 0.25) is 0 Å². The van der Waals surface area contributed by atoms with Crippen LogP contribution in [0.15, 0.2) is 72.9 Å². The van der Waals surface area contributed by atoms with Crippen LogP contribution < -0.4 is 0 Å². The maximum absolute atomic E-state index is 4.81. The molecular formula is C23H18N2. The number of hydrogen-bond donors (Lipinski definition) is 0. The Bertz CT molecular complexity index is 1130. The van der Waals surface area contributed by atoms with Gasteiger partial charge in [0.1, 0.15) is 0 Å². The third-order valence-electron chi connectivity index (χ3n) is 5.33. The lowest BCUT2D eigenvalue weighted by molar-refractivity contribution is 0.660. The monoisotopic (exact) mass is 322 g/mol. The van der Waals surface area contributed by atoms with Crippen molar-refractivity contribution in [3.8, 4) is 22.4 Å². The standard InChI is InChI=1S/C23H18N2/c1-23(2)18-8-4-3-7-16(18)17-12-11-15(13-19(17)23)22-14-24-20-9-5-6-10-21(20)25-22/h3-14H,1-2H3. The van der Waals surface area contributed by atoms with Crippen molar-refractivity contribution in [3.05, 3.63) is 84.1 Å². The first-order valence-electron chi connectivity index (χ1n) is 8.61. The molecule has 2 heteroatoms. The topological polar surface area (TPSA) is 25.8 Å². The molecule has 25 heavy (non-hydrogen) atoms.